The van der Waals surface area contributed by atoms with E-state index in [1.807, 2.05) is 19.1 Å². The number of carbonyl (C=O) groups excluding carboxylic acids is 4. The molecule has 0 amide bonds. The Labute approximate surface area is 242 Å². The van der Waals surface area contributed by atoms with Crippen LogP contribution in [-0.2, 0) is 55.7 Å². The molecule has 3 rings (SSSR count). The van der Waals surface area contributed by atoms with Crippen molar-refractivity contribution < 1.29 is 42.9 Å². The van der Waals surface area contributed by atoms with E-state index in [0.717, 1.165) is 23.1 Å². The number of aryl methyl sites for hydroxylation is 2. The fourth-order valence-electron chi connectivity index (χ4n) is 4.74. The zero-order valence-electron chi connectivity index (χ0n) is 23.5. The van der Waals surface area contributed by atoms with Crippen molar-refractivity contribution >= 4 is 39.8 Å². The molecule has 0 saturated carbocycles. The molecule has 9 nitrogen and oxygen atoms in total. The van der Waals surface area contributed by atoms with Crippen LogP contribution in [0.25, 0.3) is 0 Å². The number of carbonyl (C=O) groups is 4. The van der Waals surface area contributed by atoms with Crippen LogP contribution in [0.4, 0.5) is 0 Å². The molecule has 1 saturated heterocycles. The standard InChI is InChI=1S/C30H35BrO9/c1-7-21-8-10-22(11-9-21)13-23-14-24(25(31)12-16(23)2)27-29(38-19(5)34)30(39-20(6)35)28(37-18(4)33)26(40-27)15-36-17(3)32/h8-12,14,26-30H,7,13,15H2,1-6H3/t26-,27+,28-,29+,30+/m1/s1. The lowest BCUT2D eigenvalue weighted by Gasteiger charge is -2.45. The summed E-state index contributed by atoms with van der Waals surface area (Å²) in [6.45, 7) is 8.67. The molecular formula is C30H35BrO9. The summed E-state index contributed by atoms with van der Waals surface area (Å²) in [6, 6.07) is 12.3. The molecule has 0 aromatic heterocycles. The predicted molar refractivity (Wildman–Crippen MR) is 148 cm³/mol. The lowest BCUT2D eigenvalue weighted by molar-refractivity contribution is -0.254. The van der Waals surface area contributed by atoms with Crippen LogP contribution in [0.2, 0.25) is 0 Å². The predicted octanol–water partition coefficient (Wildman–Crippen LogP) is 4.71. The number of ether oxygens (including phenoxy) is 5. The molecule has 1 aliphatic rings. The van der Waals surface area contributed by atoms with Crippen molar-refractivity contribution in [2.75, 3.05) is 6.61 Å². The Hall–Kier alpha value is -3.24. The van der Waals surface area contributed by atoms with Gasteiger partial charge in [0.1, 0.15) is 18.8 Å². The van der Waals surface area contributed by atoms with Gasteiger partial charge < -0.3 is 23.7 Å². The van der Waals surface area contributed by atoms with Crippen LogP contribution in [0.5, 0.6) is 0 Å². The Morgan fingerprint density at radius 1 is 0.800 bits per heavy atom. The van der Waals surface area contributed by atoms with Gasteiger partial charge in [-0.3, -0.25) is 19.2 Å². The van der Waals surface area contributed by atoms with Gasteiger partial charge in [-0.05, 0) is 53.6 Å². The third-order valence-electron chi connectivity index (χ3n) is 6.58. The molecule has 40 heavy (non-hydrogen) atoms. The van der Waals surface area contributed by atoms with Crippen LogP contribution in [0.3, 0.4) is 0 Å². The number of halogens is 1. The van der Waals surface area contributed by atoms with Gasteiger partial charge in [0.05, 0.1) is 0 Å². The van der Waals surface area contributed by atoms with E-state index in [0.29, 0.717) is 16.5 Å². The molecule has 0 unspecified atom stereocenters. The van der Waals surface area contributed by atoms with E-state index < -0.39 is 54.4 Å². The molecule has 5 atom stereocenters. The minimum atomic E-state index is -1.23. The number of hydrogen-bond acceptors (Lipinski definition) is 9. The summed E-state index contributed by atoms with van der Waals surface area (Å²) in [5.41, 5.74) is 5.03. The average molecular weight is 620 g/mol. The zero-order chi connectivity index (χ0) is 29.6. The van der Waals surface area contributed by atoms with Crippen LogP contribution in [-0.4, -0.2) is 54.9 Å². The highest BCUT2D eigenvalue weighted by atomic mass is 79.9. The van der Waals surface area contributed by atoms with Gasteiger partial charge in [-0.1, -0.05) is 53.2 Å². The van der Waals surface area contributed by atoms with Crippen molar-refractivity contribution in [3.05, 3.63) is 68.7 Å². The van der Waals surface area contributed by atoms with Gasteiger partial charge in [0.15, 0.2) is 18.3 Å². The summed E-state index contributed by atoms with van der Waals surface area (Å²) in [5.74, 6) is -2.56. The molecule has 10 heteroatoms. The number of hydrogen-bond donors (Lipinski definition) is 0. The molecule has 0 aliphatic carbocycles. The fraction of sp³-hybridized carbons (Fsp3) is 0.467. The van der Waals surface area contributed by atoms with Gasteiger partial charge >= 0.3 is 23.9 Å². The first-order valence-electron chi connectivity index (χ1n) is 13.1. The second-order valence-corrected chi connectivity index (χ2v) is 10.6. The van der Waals surface area contributed by atoms with Gasteiger partial charge in [-0.25, -0.2) is 0 Å². The smallest absolute Gasteiger partial charge is 0.303 e. The van der Waals surface area contributed by atoms with E-state index in [4.69, 9.17) is 23.7 Å². The van der Waals surface area contributed by atoms with Crippen molar-refractivity contribution in [3.8, 4) is 0 Å². The van der Waals surface area contributed by atoms with Gasteiger partial charge in [-0.15, -0.1) is 0 Å². The molecule has 0 radical (unpaired) electrons. The first-order chi connectivity index (χ1) is 18.9. The summed E-state index contributed by atoms with van der Waals surface area (Å²) >= 11 is 3.62. The van der Waals surface area contributed by atoms with Crippen LogP contribution >= 0.6 is 15.9 Å². The highest BCUT2D eigenvalue weighted by Crippen LogP contribution is 2.41. The number of benzene rings is 2. The van der Waals surface area contributed by atoms with Crippen molar-refractivity contribution in [1.29, 1.82) is 0 Å². The van der Waals surface area contributed by atoms with Gasteiger partial charge in [0.2, 0.25) is 0 Å². The minimum Gasteiger partial charge on any atom is -0.463 e. The molecule has 1 fully saturated rings. The third kappa shape index (κ3) is 8.14. The van der Waals surface area contributed by atoms with Gasteiger partial charge in [0, 0.05) is 32.2 Å². The van der Waals surface area contributed by atoms with Crippen molar-refractivity contribution in [3.63, 3.8) is 0 Å². The maximum atomic E-state index is 12.2. The lowest BCUT2D eigenvalue weighted by atomic mass is 9.88. The lowest BCUT2D eigenvalue weighted by Crippen LogP contribution is -2.59. The van der Waals surface area contributed by atoms with Crippen LogP contribution in [0.15, 0.2) is 40.9 Å². The van der Waals surface area contributed by atoms with Gasteiger partial charge in [0.25, 0.3) is 0 Å². The zero-order valence-corrected chi connectivity index (χ0v) is 25.1. The van der Waals surface area contributed by atoms with Crippen molar-refractivity contribution in [2.24, 2.45) is 0 Å². The van der Waals surface area contributed by atoms with Crippen molar-refractivity contribution in [2.45, 2.75) is 84.9 Å². The van der Waals surface area contributed by atoms with Crippen LogP contribution in [0.1, 0.15) is 68.5 Å². The Morgan fingerprint density at radius 2 is 1.35 bits per heavy atom. The summed E-state index contributed by atoms with van der Waals surface area (Å²) in [6.07, 6.45) is -4.00. The van der Waals surface area contributed by atoms with E-state index in [1.165, 1.54) is 33.3 Å². The van der Waals surface area contributed by atoms with Crippen LogP contribution < -0.4 is 0 Å². The Bertz CT molecular complexity index is 1240. The maximum absolute atomic E-state index is 12.2. The largest absolute Gasteiger partial charge is 0.463 e. The normalized spacial score (nSPS) is 22.2. The van der Waals surface area contributed by atoms with E-state index in [1.54, 1.807) is 0 Å². The summed E-state index contributed by atoms with van der Waals surface area (Å²) < 4.78 is 29.0. The molecule has 2 aromatic rings. The quantitative estimate of drug-likeness (QED) is 0.291. The molecule has 216 valence electrons. The maximum Gasteiger partial charge on any atom is 0.303 e. The summed E-state index contributed by atoms with van der Waals surface area (Å²) in [4.78, 5) is 48.1. The molecule has 0 spiro atoms. The van der Waals surface area contributed by atoms with Gasteiger partial charge in [-0.2, -0.15) is 0 Å². The molecule has 0 N–H and O–H groups in total. The summed E-state index contributed by atoms with van der Waals surface area (Å²) in [5, 5.41) is 0. The van der Waals surface area contributed by atoms with E-state index in [9.17, 15) is 19.2 Å². The molecule has 0 bridgehead atoms. The highest BCUT2D eigenvalue weighted by Gasteiger charge is 2.53. The fourth-order valence-corrected chi connectivity index (χ4v) is 5.42. The average Bonchev–Trinajstić information content (AvgIpc) is 2.86. The Balaban J connectivity index is 2.11. The second kappa shape index (κ2) is 13.9. The number of esters is 4. The summed E-state index contributed by atoms with van der Waals surface area (Å²) in [7, 11) is 0. The van der Waals surface area contributed by atoms with E-state index in [-0.39, 0.29) is 6.61 Å². The molecule has 1 heterocycles. The van der Waals surface area contributed by atoms with E-state index in [2.05, 4.69) is 47.1 Å². The first kappa shape index (κ1) is 31.3. The highest BCUT2D eigenvalue weighted by molar-refractivity contribution is 9.10. The molecule has 1 aliphatic heterocycles. The Morgan fingerprint density at radius 3 is 1.90 bits per heavy atom. The van der Waals surface area contributed by atoms with E-state index >= 15 is 0 Å². The third-order valence-corrected chi connectivity index (χ3v) is 7.27. The Kier molecular flexibility index (Phi) is 10.9. The minimum absolute atomic E-state index is 0.283. The first-order valence-corrected chi connectivity index (χ1v) is 13.9. The monoisotopic (exact) mass is 618 g/mol. The van der Waals surface area contributed by atoms with Crippen molar-refractivity contribution in [1.82, 2.24) is 0 Å². The molecule has 2 aromatic carbocycles. The van der Waals surface area contributed by atoms with Crippen LogP contribution in [0, 0.1) is 6.92 Å². The number of rotatable bonds is 9. The molecular weight excluding hydrogens is 584 g/mol. The second-order valence-electron chi connectivity index (χ2n) is 9.77. The topological polar surface area (TPSA) is 114 Å². The SMILES string of the molecule is CCc1ccc(Cc2cc([C@@H]3O[C@H](COC(C)=O)[C@@H](OC(C)=O)[C@H](OC(C)=O)[C@H]3OC(C)=O)c(Br)cc2C)cc1.